The molecule has 0 saturated heterocycles. The summed E-state index contributed by atoms with van der Waals surface area (Å²) in [6.45, 7) is 4.10. The van der Waals surface area contributed by atoms with Gasteiger partial charge < -0.3 is 14.8 Å². The first-order valence-electron chi connectivity index (χ1n) is 8.66. The zero-order valence-corrected chi connectivity index (χ0v) is 16.3. The van der Waals surface area contributed by atoms with Gasteiger partial charge in [-0.1, -0.05) is 30.3 Å². The highest BCUT2D eigenvalue weighted by Crippen LogP contribution is 2.24. The molecule has 1 aromatic rings. The van der Waals surface area contributed by atoms with Crippen molar-refractivity contribution < 1.29 is 22.1 Å². The average molecular weight is 374 g/mol. The number of benzene rings is 1. The Morgan fingerprint density at radius 3 is 2.20 bits per heavy atom. The van der Waals surface area contributed by atoms with Crippen molar-refractivity contribution in [1.82, 2.24) is 5.32 Å². The summed E-state index contributed by atoms with van der Waals surface area (Å²) in [5.41, 5.74) is 1.35. The lowest BCUT2D eigenvalue weighted by Gasteiger charge is -2.24. The van der Waals surface area contributed by atoms with Crippen molar-refractivity contribution in [1.29, 1.82) is 0 Å². The van der Waals surface area contributed by atoms with E-state index in [2.05, 4.69) is 40.7 Å². The molecule has 1 aromatic carbocycles. The Kier molecular flexibility index (Phi) is 10.9. The van der Waals surface area contributed by atoms with Gasteiger partial charge >= 0.3 is 0 Å². The highest BCUT2D eigenvalue weighted by atomic mass is 32.2. The molecule has 0 aliphatic heterocycles. The van der Waals surface area contributed by atoms with E-state index in [4.69, 9.17) is 9.47 Å². The summed E-state index contributed by atoms with van der Waals surface area (Å²) >= 11 is 0. The maximum Gasteiger partial charge on any atom is 0.264 e. The minimum absolute atomic E-state index is 0.0412. The molecule has 0 aromatic heterocycles. The monoisotopic (exact) mass is 373 g/mol. The summed E-state index contributed by atoms with van der Waals surface area (Å²) in [5.74, 6) is 0.458. The number of nitrogens with one attached hydrogen (secondary N) is 1. The number of likely N-dealkylation sites (N-methyl/N-ethyl adjacent to an activating group) is 1. The van der Waals surface area contributed by atoms with Gasteiger partial charge in [0.25, 0.3) is 10.1 Å². The van der Waals surface area contributed by atoms with Crippen LogP contribution in [0, 0.1) is 0 Å². The molecule has 0 saturated carbocycles. The fourth-order valence-corrected chi connectivity index (χ4v) is 2.95. The maximum atomic E-state index is 10.8. The fourth-order valence-electron chi connectivity index (χ4n) is 2.58. The maximum absolute atomic E-state index is 10.8. The quantitative estimate of drug-likeness (QED) is 0.398. The van der Waals surface area contributed by atoms with Crippen LogP contribution in [0.1, 0.15) is 31.2 Å². The second-order valence-corrected chi connectivity index (χ2v) is 7.63. The summed E-state index contributed by atoms with van der Waals surface area (Å²) in [5, 5.41) is 3.34. The van der Waals surface area contributed by atoms with Crippen molar-refractivity contribution in [3.8, 4) is 0 Å². The molecule has 6 nitrogen and oxygen atoms in total. The van der Waals surface area contributed by atoms with E-state index in [1.54, 1.807) is 0 Å². The molecular weight excluding hydrogens is 342 g/mol. The molecule has 0 radical (unpaired) electrons. The second kappa shape index (κ2) is 12.4. The molecule has 1 rings (SSSR count). The van der Waals surface area contributed by atoms with Gasteiger partial charge in [-0.2, -0.15) is 8.42 Å². The molecule has 0 amide bonds. The molecule has 2 atom stereocenters. The standard InChI is InChI=1S/C18H31NO5S/c1-16(19-2)18(17-8-5-4-6-9-17)10-7-11-22-12-13-23-14-15-24-25(3,20)21/h4-6,8-9,16,18-19H,7,10-15H2,1-3H3/t16-,18-/m0/s1. The summed E-state index contributed by atoms with van der Waals surface area (Å²) < 4.78 is 36.9. The third-order valence-electron chi connectivity index (χ3n) is 3.99. The predicted octanol–water partition coefficient (Wildman–Crippen LogP) is 2.17. The normalized spacial score (nSPS) is 14.4. The van der Waals surface area contributed by atoms with E-state index >= 15 is 0 Å². The zero-order chi connectivity index (χ0) is 18.5. The van der Waals surface area contributed by atoms with Gasteiger partial charge in [0.15, 0.2) is 0 Å². The van der Waals surface area contributed by atoms with E-state index in [1.807, 2.05) is 13.1 Å². The van der Waals surface area contributed by atoms with Gasteiger partial charge in [0.1, 0.15) is 0 Å². The minimum atomic E-state index is -3.39. The SMILES string of the molecule is CN[C@@H](C)[C@H](CCCOCCOCCOS(C)(=O)=O)c1ccccc1. The lowest BCUT2D eigenvalue weighted by molar-refractivity contribution is 0.0356. The third kappa shape index (κ3) is 10.6. The van der Waals surface area contributed by atoms with E-state index in [0.29, 0.717) is 31.8 Å². The van der Waals surface area contributed by atoms with Crippen LogP contribution in [0.4, 0.5) is 0 Å². The fraction of sp³-hybridized carbons (Fsp3) is 0.667. The molecule has 25 heavy (non-hydrogen) atoms. The van der Waals surface area contributed by atoms with Gasteiger partial charge in [0.05, 0.1) is 32.7 Å². The van der Waals surface area contributed by atoms with Crippen LogP contribution in [0.3, 0.4) is 0 Å². The molecule has 144 valence electrons. The largest absolute Gasteiger partial charge is 0.379 e. The van der Waals surface area contributed by atoms with Gasteiger partial charge in [-0.05, 0) is 38.3 Å². The van der Waals surface area contributed by atoms with Crippen LogP contribution in [-0.4, -0.2) is 60.8 Å². The number of hydrogen-bond donors (Lipinski definition) is 1. The molecule has 7 heteroatoms. The molecular formula is C18H31NO5S. The first-order chi connectivity index (χ1) is 11.9. The number of rotatable bonds is 14. The van der Waals surface area contributed by atoms with E-state index in [0.717, 1.165) is 19.1 Å². The van der Waals surface area contributed by atoms with Crippen LogP contribution >= 0.6 is 0 Å². The Morgan fingerprint density at radius 1 is 1.00 bits per heavy atom. The molecule has 0 spiro atoms. The third-order valence-corrected chi connectivity index (χ3v) is 4.58. The Morgan fingerprint density at radius 2 is 1.60 bits per heavy atom. The lowest BCUT2D eigenvalue weighted by Crippen LogP contribution is -2.29. The Balaban J connectivity index is 2.12. The second-order valence-electron chi connectivity index (χ2n) is 5.99. The molecule has 1 N–H and O–H groups in total. The minimum Gasteiger partial charge on any atom is -0.379 e. The van der Waals surface area contributed by atoms with Crippen molar-refractivity contribution in [2.75, 3.05) is 46.3 Å². The first kappa shape index (κ1) is 22.1. The van der Waals surface area contributed by atoms with E-state index in [1.165, 1.54) is 5.56 Å². The zero-order valence-electron chi connectivity index (χ0n) is 15.4. The van der Waals surface area contributed by atoms with E-state index in [9.17, 15) is 8.42 Å². The summed E-state index contributed by atoms with van der Waals surface area (Å²) in [4.78, 5) is 0. The number of ether oxygens (including phenoxy) is 2. The van der Waals surface area contributed by atoms with Gasteiger partial charge in [0, 0.05) is 12.6 Å². The average Bonchev–Trinajstić information content (AvgIpc) is 2.59. The van der Waals surface area contributed by atoms with Crippen LogP contribution in [-0.2, 0) is 23.8 Å². The van der Waals surface area contributed by atoms with Crippen LogP contribution in [0.15, 0.2) is 30.3 Å². The first-order valence-corrected chi connectivity index (χ1v) is 10.5. The van der Waals surface area contributed by atoms with Crippen molar-refractivity contribution in [2.45, 2.75) is 31.7 Å². The van der Waals surface area contributed by atoms with Gasteiger partial charge in [-0.3, -0.25) is 4.18 Å². The molecule has 0 fully saturated rings. The topological polar surface area (TPSA) is 73.9 Å². The smallest absolute Gasteiger partial charge is 0.264 e. The Hall–Kier alpha value is -0.990. The van der Waals surface area contributed by atoms with Gasteiger partial charge in [-0.15, -0.1) is 0 Å². The number of hydrogen-bond acceptors (Lipinski definition) is 6. The van der Waals surface area contributed by atoms with Crippen LogP contribution in [0.5, 0.6) is 0 Å². The molecule has 0 aliphatic rings. The van der Waals surface area contributed by atoms with Crippen LogP contribution in [0.25, 0.3) is 0 Å². The summed E-state index contributed by atoms with van der Waals surface area (Å²) in [6.07, 6.45) is 3.05. The summed E-state index contributed by atoms with van der Waals surface area (Å²) in [7, 11) is -1.40. The van der Waals surface area contributed by atoms with Gasteiger partial charge in [-0.25, -0.2) is 0 Å². The Labute approximate surface area is 152 Å². The van der Waals surface area contributed by atoms with E-state index < -0.39 is 10.1 Å². The van der Waals surface area contributed by atoms with E-state index in [-0.39, 0.29) is 13.2 Å². The Bertz CT molecular complexity index is 550. The van der Waals surface area contributed by atoms with Gasteiger partial charge in [0.2, 0.25) is 0 Å². The highest BCUT2D eigenvalue weighted by Gasteiger charge is 2.17. The van der Waals surface area contributed by atoms with Crippen molar-refractivity contribution in [3.63, 3.8) is 0 Å². The van der Waals surface area contributed by atoms with Crippen molar-refractivity contribution >= 4 is 10.1 Å². The van der Waals surface area contributed by atoms with Crippen LogP contribution < -0.4 is 5.32 Å². The predicted molar refractivity (Wildman–Crippen MR) is 99.4 cm³/mol. The molecule has 0 aliphatic carbocycles. The van der Waals surface area contributed by atoms with Crippen LogP contribution in [0.2, 0.25) is 0 Å². The molecule has 0 heterocycles. The van der Waals surface area contributed by atoms with Crippen molar-refractivity contribution in [3.05, 3.63) is 35.9 Å². The lowest BCUT2D eigenvalue weighted by atomic mass is 9.88. The summed E-state index contributed by atoms with van der Waals surface area (Å²) in [6, 6.07) is 10.9. The molecule has 0 bridgehead atoms. The highest BCUT2D eigenvalue weighted by molar-refractivity contribution is 7.85. The molecule has 0 unspecified atom stereocenters. The van der Waals surface area contributed by atoms with Crippen molar-refractivity contribution in [2.24, 2.45) is 0 Å².